The molecule has 6 heteroatoms. The fourth-order valence-corrected chi connectivity index (χ4v) is 3.10. The molecule has 1 heterocycles. The van der Waals surface area contributed by atoms with Crippen molar-refractivity contribution in [3.8, 4) is 11.5 Å². The second-order valence-corrected chi connectivity index (χ2v) is 6.63. The van der Waals surface area contributed by atoms with Crippen LogP contribution in [0, 0.1) is 13.8 Å². The number of hydrogen-bond donors (Lipinski definition) is 0. The first-order valence-electron chi connectivity index (χ1n) is 8.04. The maximum atomic E-state index is 11.7. The smallest absolute Gasteiger partial charge is 0.327 e. The lowest BCUT2D eigenvalue weighted by molar-refractivity contribution is -0.143. The van der Waals surface area contributed by atoms with Crippen molar-refractivity contribution in [2.75, 3.05) is 6.61 Å². The molecule has 5 nitrogen and oxygen atoms in total. The third-order valence-electron chi connectivity index (χ3n) is 3.90. The van der Waals surface area contributed by atoms with Crippen molar-refractivity contribution >= 4 is 32.8 Å². The third-order valence-corrected chi connectivity index (χ3v) is 4.52. The van der Waals surface area contributed by atoms with Gasteiger partial charge in [-0.2, -0.15) is 5.10 Å². The zero-order valence-electron chi connectivity index (χ0n) is 14.4. The molecule has 1 aromatic heterocycles. The van der Waals surface area contributed by atoms with Gasteiger partial charge in [0, 0.05) is 5.39 Å². The molecule has 0 N–H and O–H groups in total. The van der Waals surface area contributed by atoms with Crippen LogP contribution in [0.25, 0.3) is 10.9 Å². The van der Waals surface area contributed by atoms with E-state index in [1.807, 2.05) is 44.2 Å². The minimum Gasteiger partial charge on any atom is -0.465 e. The predicted octanol–water partition coefficient (Wildman–Crippen LogP) is 4.77. The van der Waals surface area contributed by atoms with E-state index < -0.39 is 0 Å². The van der Waals surface area contributed by atoms with Gasteiger partial charge in [-0.3, -0.25) is 9.48 Å². The lowest BCUT2D eigenvalue weighted by atomic mass is 10.1. The molecule has 3 aromatic rings. The number of nitrogens with zero attached hydrogens (tertiary/aromatic N) is 2. The van der Waals surface area contributed by atoms with Crippen LogP contribution in [0.4, 0.5) is 0 Å². The molecule has 0 saturated heterocycles. The van der Waals surface area contributed by atoms with Gasteiger partial charge in [0.25, 0.3) is 0 Å². The van der Waals surface area contributed by atoms with Crippen molar-refractivity contribution in [2.24, 2.45) is 0 Å². The van der Waals surface area contributed by atoms with Gasteiger partial charge in [0.15, 0.2) is 0 Å². The van der Waals surface area contributed by atoms with E-state index >= 15 is 0 Å². The number of aromatic nitrogens is 2. The molecule has 0 amide bonds. The van der Waals surface area contributed by atoms with E-state index in [0.717, 1.165) is 32.3 Å². The van der Waals surface area contributed by atoms with Crippen LogP contribution < -0.4 is 4.74 Å². The number of ether oxygens (including phenoxy) is 2. The first-order valence-corrected chi connectivity index (χ1v) is 8.83. The molecule has 2 aromatic carbocycles. The molecular weight excluding hydrogens is 384 g/mol. The number of para-hydroxylation sites is 1. The zero-order chi connectivity index (χ0) is 18.0. The monoisotopic (exact) mass is 402 g/mol. The van der Waals surface area contributed by atoms with Gasteiger partial charge in [0.1, 0.15) is 18.0 Å². The van der Waals surface area contributed by atoms with Crippen LogP contribution >= 0.6 is 15.9 Å². The van der Waals surface area contributed by atoms with Crippen LogP contribution in [-0.2, 0) is 16.1 Å². The maximum Gasteiger partial charge on any atom is 0.327 e. The van der Waals surface area contributed by atoms with Gasteiger partial charge < -0.3 is 9.47 Å². The Morgan fingerprint density at radius 1 is 1.24 bits per heavy atom. The highest BCUT2D eigenvalue weighted by Gasteiger charge is 2.13. The van der Waals surface area contributed by atoms with Crippen molar-refractivity contribution in [3.63, 3.8) is 0 Å². The predicted molar refractivity (Wildman–Crippen MR) is 100 cm³/mol. The van der Waals surface area contributed by atoms with Crippen molar-refractivity contribution in [1.29, 1.82) is 0 Å². The number of carbonyl (C=O) groups is 1. The van der Waals surface area contributed by atoms with Gasteiger partial charge in [-0.1, -0.05) is 18.2 Å². The van der Waals surface area contributed by atoms with Crippen molar-refractivity contribution < 1.29 is 14.3 Å². The molecule has 0 aliphatic heterocycles. The molecule has 130 valence electrons. The van der Waals surface area contributed by atoms with Crippen molar-refractivity contribution in [3.05, 3.63) is 52.1 Å². The van der Waals surface area contributed by atoms with E-state index in [1.165, 1.54) is 0 Å². The number of fused-ring (bicyclic) bond motifs is 1. The number of esters is 1. The Morgan fingerprint density at radius 3 is 2.64 bits per heavy atom. The molecule has 0 aliphatic carbocycles. The molecule has 0 fully saturated rings. The molecule has 0 radical (unpaired) electrons. The third kappa shape index (κ3) is 3.69. The molecule has 0 bridgehead atoms. The lowest BCUT2D eigenvalue weighted by Crippen LogP contribution is -2.14. The average molecular weight is 403 g/mol. The fourth-order valence-electron chi connectivity index (χ4n) is 2.68. The lowest BCUT2D eigenvalue weighted by Gasteiger charge is -2.13. The van der Waals surface area contributed by atoms with Crippen LogP contribution in [0.1, 0.15) is 18.1 Å². The number of benzene rings is 2. The Kier molecular flexibility index (Phi) is 5.08. The van der Waals surface area contributed by atoms with Gasteiger partial charge in [-0.05, 0) is 60.0 Å². The maximum absolute atomic E-state index is 11.7. The Morgan fingerprint density at radius 2 is 1.96 bits per heavy atom. The summed E-state index contributed by atoms with van der Waals surface area (Å²) in [5, 5.41) is 5.18. The Hall–Kier alpha value is -2.34. The summed E-state index contributed by atoms with van der Waals surface area (Å²) in [5.74, 6) is 1.25. The van der Waals surface area contributed by atoms with E-state index in [9.17, 15) is 4.79 Å². The SMILES string of the molecule is CCOC(=O)Cn1ncc2cc(Oc3c(C)cccc3C)c(Br)cc21. The topological polar surface area (TPSA) is 53.4 Å². The van der Waals surface area contributed by atoms with E-state index in [1.54, 1.807) is 17.8 Å². The quantitative estimate of drug-likeness (QED) is 0.576. The normalized spacial score (nSPS) is 10.9. The summed E-state index contributed by atoms with van der Waals surface area (Å²) >= 11 is 3.56. The van der Waals surface area contributed by atoms with Crippen LogP contribution in [0.3, 0.4) is 0 Å². The first kappa shape index (κ1) is 17.5. The van der Waals surface area contributed by atoms with Crippen LogP contribution in [-0.4, -0.2) is 22.4 Å². The van der Waals surface area contributed by atoms with Gasteiger partial charge in [-0.15, -0.1) is 0 Å². The number of halogens is 1. The number of aryl methyl sites for hydroxylation is 2. The Bertz CT molecular complexity index is 914. The van der Waals surface area contributed by atoms with Crippen LogP contribution in [0.15, 0.2) is 41.0 Å². The van der Waals surface area contributed by atoms with E-state index in [0.29, 0.717) is 12.4 Å². The van der Waals surface area contributed by atoms with Gasteiger partial charge >= 0.3 is 5.97 Å². The summed E-state index contributed by atoms with van der Waals surface area (Å²) in [7, 11) is 0. The highest BCUT2D eigenvalue weighted by Crippen LogP contribution is 2.36. The summed E-state index contributed by atoms with van der Waals surface area (Å²) in [5.41, 5.74) is 2.99. The van der Waals surface area contributed by atoms with Crippen LogP contribution in [0.5, 0.6) is 11.5 Å². The molecule has 0 spiro atoms. The molecule has 0 saturated carbocycles. The highest BCUT2D eigenvalue weighted by molar-refractivity contribution is 9.10. The second kappa shape index (κ2) is 7.27. The minimum atomic E-state index is -0.306. The molecule has 25 heavy (non-hydrogen) atoms. The van der Waals surface area contributed by atoms with Crippen molar-refractivity contribution in [2.45, 2.75) is 27.3 Å². The van der Waals surface area contributed by atoms with E-state index in [-0.39, 0.29) is 12.5 Å². The van der Waals surface area contributed by atoms with Crippen molar-refractivity contribution in [1.82, 2.24) is 9.78 Å². The molecular formula is C19H19BrN2O3. The molecule has 0 unspecified atom stereocenters. The van der Waals surface area contributed by atoms with E-state index in [4.69, 9.17) is 9.47 Å². The second-order valence-electron chi connectivity index (χ2n) is 5.77. The van der Waals surface area contributed by atoms with E-state index in [2.05, 4.69) is 21.0 Å². The largest absolute Gasteiger partial charge is 0.465 e. The zero-order valence-corrected chi connectivity index (χ0v) is 16.0. The summed E-state index contributed by atoms with van der Waals surface area (Å²) in [6.45, 7) is 6.27. The standard InChI is InChI=1S/C19H19BrN2O3/c1-4-24-18(23)11-22-16-9-15(20)17(8-14(16)10-21-22)25-19-12(2)6-5-7-13(19)3/h5-10H,4,11H2,1-3H3. The van der Waals surface area contributed by atoms with Gasteiger partial charge in [0.05, 0.1) is 22.8 Å². The average Bonchev–Trinajstić information content (AvgIpc) is 2.93. The molecule has 0 aliphatic rings. The summed E-state index contributed by atoms with van der Waals surface area (Å²) in [6.07, 6.45) is 1.72. The summed E-state index contributed by atoms with van der Waals surface area (Å²) in [6, 6.07) is 9.87. The van der Waals surface area contributed by atoms with Gasteiger partial charge in [0.2, 0.25) is 0 Å². The number of rotatable bonds is 5. The van der Waals surface area contributed by atoms with Crippen LogP contribution in [0.2, 0.25) is 0 Å². The number of hydrogen-bond acceptors (Lipinski definition) is 4. The number of carbonyl (C=O) groups excluding carboxylic acids is 1. The summed E-state index contributed by atoms with van der Waals surface area (Å²) < 4.78 is 13.5. The van der Waals surface area contributed by atoms with Gasteiger partial charge in [-0.25, -0.2) is 0 Å². The summed E-state index contributed by atoms with van der Waals surface area (Å²) in [4.78, 5) is 11.7. The molecule has 0 atom stereocenters. The fraction of sp³-hybridized carbons (Fsp3) is 0.263. The minimum absolute atomic E-state index is 0.0842. The molecule has 3 rings (SSSR count). The Labute approximate surface area is 154 Å². The Balaban J connectivity index is 1.94. The highest BCUT2D eigenvalue weighted by atomic mass is 79.9. The first-order chi connectivity index (χ1) is 12.0.